The van der Waals surface area contributed by atoms with Crippen LogP contribution in [0.5, 0.6) is 5.75 Å². The summed E-state index contributed by atoms with van der Waals surface area (Å²) in [5.74, 6) is 0.321. The number of anilines is 2. The number of para-hydroxylation sites is 1. The lowest BCUT2D eigenvalue weighted by Crippen LogP contribution is -2.17. The van der Waals surface area contributed by atoms with Gasteiger partial charge in [-0.3, -0.25) is 9.52 Å². The van der Waals surface area contributed by atoms with Crippen molar-refractivity contribution >= 4 is 38.3 Å². The number of ether oxygens (including phenoxy) is 1. The van der Waals surface area contributed by atoms with Crippen molar-refractivity contribution in [3.05, 3.63) is 78.0 Å². The fourth-order valence-electron chi connectivity index (χ4n) is 3.39. The Morgan fingerprint density at radius 1 is 1.03 bits per heavy atom. The molecule has 1 amide bonds. The number of carbonyl (C=O) groups is 1. The van der Waals surface area contributed by atoms with Gasteiger partial charge in [-0.2, -0.15) is 0 Å². The van der Waals surface area contributed by atoms with Crippen molar-refractivity contribution in [2.75, 3.05) is 16.6 Å². The smallest absolute Gasteiger partial charge is 0.262 e. The summed E-state index contributed by atoms with van der Waals surface area (Å²) in [7, 11) is -3.88. The molecular weight excluding hydrogens is 442 g/mol. The maximum Gasteiger partial charge on any atom is 0.262 e. The molecule has 33 heavy (non-hydrogen) atoms. The van der Waals surface area contributed by atoms with Crippen LogP contribution in [0.2, 0.25) is 0 Å². The summed E-state index contributed by atoms with van der Waals surface area (Å²) in [6.45, 7) is 4.09. The fourth-order valence-corrected chi connectivity index (χ4v) is 4.72. The van der Waals surface area contributed by atoms with Crippen molar-refractivity contribution in [1.82, 2.24) is 5.16 Å². The molecule has 0 radical (unpaired) electrons. The second-order valence-electron chi connectivity index (χ2n) is 7.39. The van der Waals surface area contributed by atoms with Gasteiger partial charge in [0.1, 0.15) is 11.4 Å². The molecule has 3 aromatic carbocycles. The minimum atomic E-state index is -3.88. The highest BCUT2D eigenvalue weighted by Crippen LogP contribution is 2.25. The number of fused-ring (bicyclic) bond motifs is 1. The monoisotopic (exact) mass is 465 g/mol. The third-order valence-electron chi connectivity index (χ3n) is 4.96. The van der Waals surface area contributed by atoms with Crippen LogP contribution in [0.25, 0.3) is 11.0 Å². The van der Waals surface area contributed by atoms with Crippen LogP contribution in [0.4, 0.5) is 11.4 Å². The number of carbonyl (C=O) groups excluding carboxylic acids is 1. The number of nitrogens with zero attached hydrogens (tertiary/aromatic N) is 1. The van der Waals surface area contributed by atoms with E-state index in [-0.39, 0.29) is 17.2 Å². The summed E-state index contributed by atoms with van der Waals surface area (Å²) in [6, 6.07) is 18.7. The van der Waals surface area contributed by atoms with E-state index in [0.29, 0.717) is 40.6 Å². The topological polar surface area (TPSA) is 111 Å². The standard InChI is InChI=1S/C24H23N3O5S/c1-3-31-19-12-10-17(11-13-19)27-33(29,30)23-14-18(9-8-16(23)2)25-24(28)15-21-20-6-4-5-7-22(20)32-26-21/h4-14,27H,3,15H2,1-2H3,(H,25,28). The summed E-state index contributed by atoms with van der Waals surface area (Å²) in [4.78, 5) is 12.6. The van der Waals surface area contributed by atoms with E-state index in [1.807, 2.05) is 25.1 Å². The summed E-state index contributed by atoms with van der Waals surface area (Å²) in [5.41, 5.74) is 2.44. The maximum atomic E-state index is 13.0. The number of amides is 1. The van der Waals surface area contributed by atoms with Crippen molar-refractivity contribution in [1.29, 1.82) is 0 Å². The van der Waals surface area contributed by atoms with E-state index in [2.05, 4.69) is 15.2 Å². The molecule has 0 saturated heterocycles. The van der Waals surface area contributed by atoms with E-state index in [4.69, 9.17) is 9.26 Å². The lowest BCUT2D eigenvalue weighted by atomic mass is 10.1. The van der Waals surface area contributed by atoms with Crippen LogP contribution in [0, 0.1) is 6.92 Å². The molecule has 0 bridgehead atoms. The van der Waals surface area contributed by atoms with Gasteiger partial charge in [-0.15, -0.1) is 0 Å². The minimum absolute atomic E-state index is 0.00258. The lowest BCUT2D eigenvalue weighted by molar-refractivity contribution is -0.115. The van der Waals surface area contributed by atoms with Gasteiger partial charge in [0.25, 0.3) is 10.0 Å². The van der Waals surface area contributed by atoms with Gasteiger partial charge in [0.2, 0.25) is 5.91 Å². The van der Waals surface area contributed by atoms with Gasteiger partial charge in [-0.05, 0) is 67.9 Å². The molecule has 1 aromatic heterocycles. The summed E-state index contributed by atoms with van der Waals surface area (Å²) in [6.07, 6.45) is -0.00258. The third kappa shape index (κ3) is 5.15. The highest BCUT2D eigenvalue weighted by Gasteiger charge is 2.19. The van der Waals surface area contributed by atoms with Crippen LogP contribution < -0.4 is 14.8 Å². The first-order chi connectivity index (χ1) is 15.9. The molecule has 0 unspecified atom stereocenters. The van der Waals surface area contributed by atoms with E-state index in [1.54, 1.807) is 49.4 Å². The normalized spacial score (nSPS) is 11.3. The van der Waals surface area contributed by atoms with Crippen LogP contribution in [0.1, 0.15) is 18.2 Å². The average molecular weight is 466 g/mol. The molecule has 0 aliphatic rings. The molecule has 4 aromatic rings. The molecule has 0 fully saturated rings. The Hall–Kier alpha value is -3.85. The number of nitrogens with one attached hydrogen (secondary N) is 2. The van der Waals surface area contributed by atoms with Gasteiger partial charge in [0.15, 0.2) is 5.58 Å². The molecule has 0 spiro atoms. The number of hydrogen-bond acceptors (Lipinski definition) is 6. The van der Waals surface area contributed by atoms with E-state index in [0.717, 1.165) is 5.39 Å². The number of hydrogen-bond donors (Lipinski definition) is 2. The number of sulfonamides is 1. The largest absolute Gasteiger partial charge is 0.494 e. The van der Waals surface area contributed by atoms with Gasteiger partial charge in [-0.25, -0.2) is 8.42 Å². The van der Waals surface area contributed by atoms with Crippen LogP contribution in [0.15, 0.2) is 76.1 Å². The highest BCUT2D eigenvalue weighted by molar-refractivity contribution is 7.92. The van der Waals surface area contributed by atoms with Gasteiger partial charge in [0.05, 0.1) is 17.9 Å². The first kappa shape index (κ1) is 22.3. The SMILES string of the molecule is CCOc1ccc(NS(=O)(=O)c2cc(NC(=O)Cc3noc4ccccc34)ccc2C)cc1. The predicted molar refractivity (Wildman–Crippen MR) is 126 cm³/mol. The third-order valence-corrected chi connectivity index (χ3v) is 6.48. The molecule has 1 heterocycles. The van der Waals surface area contributed by atoms with Gasteiger partial charge >= 0.3 is 0 Å². The molecule has 170 valence electrons. The van der Waals surface area contributed by atoms with Crippen molar-refractivity contribution in [3.63, 3.8) is 0 Å². The Labute approximate surface area is 191 Å². The van der Waals surface area contributed by atoms with E-state index < -0.39 is 10.0 Å². The first-order valence-electron chi connectivity index (χ1n) is 10.3. The zero-order chi connectivity index (χ0) is 23.4. The predicted octanol–water partition coefficient (Wildman–Crippen LogP) is 4.52. The highest BCUT2D eigenvalue weighted by atomic mass is 32.2. The fraction of sp³-hybridized carbons (Fsp3) is 0.167. The van der Waals surface area contributed by atoms with Gasteiger partial charge < -0.3 is 14.6 Å². The van der Waals surface area contributed by atoms with Gasteiger partial charge in [0, 0.05) is 16.8 Å². The Balaban J connectivity index is 1.50. The van der Waals surface area contributed by atoms with E-state index >= 15 is 0 Å². The average Bonchev–Trinajstić information content (AvgIpc) is 3.19. The molecule has 0 atom stereocenters. The summed E-state index contributed by atoms with van der Waals surface area (Å²) < 4.78 is 39.2. The molecule has 9 heteroatoms. The van der Waals surface area contributed by atoms with Crippen LogP contribution >= 0.6 is 0 Å². The van der Waals surface area contributed by atoms with Crippen molar-refractivity contribution in [3.8, 4) is 5.75 Å². The zero-order valence-electron chi connectivity index (χ0n) is 18.2. The number of aryl methyl sites for hydroxylation is 1. The lowest BCUT2D eigenvalue weighted by Gasteiger charge is -2.13. The van der Waals surface area contributed by atoms with Gasteiger partial charge in [-0.1, -0.05) is 23.4 Å². The Morgan fingerprint density at radius 3 is 2.52 bits per heavy atom. The van der Waals surface area contributed by atoms with Crippen LogP contribution in [-0.4, -0.2) is 26.1 Å². The Kier molecular flexibility index (Phi) is 6.32. The second-order valence-corrected chi connectivity index (χ2v) is 9.04. The summed E-state index contributed by atoms with van der Waals surface area (Å²) >= 11 is 0. The minimum Gasteiger partial charge on any atom is -0.494 e. The molecular formula is C24H23N3O5S. The maximum absolute atomic E-state index is 13.0. The number of aromatic nitrogens is 1. The quantitative estimate of drug-likeness (QED) is 0.396. The van der Waals surface area contributed by atoms with Crippen molar-refractivity contribution < 1.29 is 22.5 Å². The zero-order valence-corrected chi connectivity index (χ0v) is 19.0. The van der Waals surface area contributed by atoms with Crippen molar-refractivity contribution in [2.45, 2.75) is 25.2 Å². The Morgan fingerprint density at radius 2 is 1.76 bits per heavy atom. The van der Waals surface area contributed by atoms with Crippen LogP contribution in [0.3, 0.4) is 0 Å². The molecule has 0 saturated carbocycles. The summed E-state index contributed by atoms with van der Waals surface area (Å²) in [5, 5.41) is 7.47. The molecule has 0 aliphatic heterocycles. The molecule has 8 nitrogen and oxygen atoms in total. The van der Waals surface area contributed by atoms with E-state index in [1.165, 1.54) is 6.07 Å². The second kappa shape index (κ2) is 9.33. The first-order valence-corrected chi connectivity index (χ1v) is 11.8. The number of benzene rings is 3. The molecule has 2 N–H and O–H groups in total. The van der Waals surface area contributed by atoms with E-state index in [9.17, 15) is 13.2 Å². The molecule has 4 rings (SSSR count). The Bertz CT molecular complexity index is 1400. The number of rotatable bonds is 8. The van der Waals surface area contributed by atoms with Crippen LogP contribution in [-0.2, 0) is 21.2 Å². The van der Waals surface area contributed by atoms with Crippen molar-refractivity contribution in [2.24, 2.45) is 0 Å². The molecule has 0 aliphatic carbocycles.